The number of phenolic OH excluding ortho intramolecular Hbond substituents is 1. The average molecular weight is 378 g/mol. The molecule has 0 aliphatic rings. The number of esters is 2. The molecule has 6 heteroatoms. The molecule has 6 nitrogen and oxygen atoms in total. The highest BCUT2D eigenvalue weighted by molar-refractivity contribution is 5.96. The number of hydrogen-bond donors (Lipinski definition) is 1. The van der Waals surface area contributed by atoms with Crippen LogP contribution in [0.2, 0.25) is 0 Å². The first-order valence-electron chi connectivity index (χ1n) is 8.44. The number of rotatable bonds is 5. The van der Waals surface area contributed by atoms with Crippen molar-refractivity contribution in [3.05, 3.63) is 83.4 Å². The number of carbonyl (C=O) groups excluding carboxylic acids is 2. The van der Waals surface area contributed by atoms with Crippen LogP contribution in [-0.4, -0.2) is 24.2 Å². The highest BCUT2D eigenvalue weighted by atomic mass is 16.5. The number of phenols is 1. The van der Waals surface area contributed by atoms with Crippen LogP contribution in [0.25, 0.3) is 0 Å². The van der Waals surface area contributed by atoms with E-state index in [1.807, 2.05) is 0 Å². The number of ether oxygens (including phenoxy) is 3. The number of hydrogen-bond acceptors (Lipinski definition) is 6. The van der Waals surface area contributed by atoms with E-state index in [0.29, 0.717) is 33.9 Å². The minimum absolute atomic E-state index is 0.0790. The van der Waals surface area contributed by atoms with Gasteiger partial charge in [-0.3, -0.25) is 0 Å². The minimum atomic E-state index is -0.566. The Morgan fingerprint density at radius 1 is 0.750 bits per heavy atom. The number of carbonyl (C=O) groups is 2. The third-order valence-electron chi connectivity index (χ3n) is 4.00. The van der Waals surface area contributed by atoms with Gasteiger partial charge in [0.1, 0.15) is 23.0 Å². The fraction of sp³-hybridized carbons (Fsp3) is 0.0909. The third-order valence-corrected chi connectivity index (χ3v) is 4.00. The Kier molecular flexibility index (Phi) is 5.60. The molecule has 0 saturated heterocycles. The zero-order valence-corrected chi connectivity index (χ0v) is 15.3. The zero-order valence-electron chi connectivity index (χ0n) is 15.3. The Labute approximate surface area is 161 Å². The van der Waals surface area contributed by atoms with Crippen LogP contribution < -0.4 is 14.2 Å². The maximum atomic E-state index is 12.4. The van der Waals surface area contributed by atoms with Crippen molar-refractivity contribution in [1.82, 2.24) is 0 Å². The molecule has 1 N–H and O–H groups in total. The van der Waals surface area contributed by atoms with E-state index in [1.165, 1.54) is 36.4 Å². The normalized spacial score (nSPS) is 10.2. The van der Waals surface area contributed by atoms with Crippen molar-refractivity contribution in [2.45, 2.75) is 6.92 Å². The molecule has 0 heterocycles. The summed E-state index contributed by atoms with van der Waals surface area (Å²) in [4.78, 5) is 24.7. The second-order valence-electron chi connectivity index (χ2n) is 5.98. The summed E-state index contributed by atoms with van der Waals surface area (Å²) in [5, 5.41) is 9.27. The van der Waals surface area contributed by atoms with Crippen LogP contribution >= 0.6 is 0 Å². The lowest BCUT2D eigenvalue weighted by Crippen LogP contribution is -2.13. The maximum absolute atomic E-state index is 12.4. The molecule has 0 bridgehead atoms. The SMILES string of the molecule is COc1ccc(OC(=O)c2ccc(C(=O)Oc3ccc(O)cc3)cc2C)cc1. The molecule has 0 fully saturated rings. The van der Waals surface area contributed by atoms with Crippen molar-refractivity contribution in [1.29, 1.82) is 0 Å². The van der Waals surface area contributed by atoms with Gasteiger partial charge < -0.3 is 19.3 Å². The van der Waals surface area contributed by atoms with Crippen molar-refractivity contribution < 1.29 is 28.9 Å². The van der Waals surface area contributed by atoms with Crippen LogP contribution in [0.1, 0.15) is 26.3 Å². The van der Waals surface area contributed by atoms with Crippen LogP contribution in [0, 0.1) is 6.92 Å². The van der Waals surface area contributed by atoms with Gasteiger partial charge in [-0.15, -0.1) is 0 Å². The third kappa shape index (κ3) is 4.48. The lowest BCUT2D eigenvalue weighted by Gasteiger charge is -2.09. The summed E-state index contributed by atoms with van der Waals surface area (Å²) < 4.78 is 15.7. The predicted molar refractivity (Wildman–Crippen MR) is 102 cm³/mol. The van der Waals surface area contributed by atoms with Crippen LogP contribution in [-0.2, 0) is 0 Å². The van der Waals surface area contributed by atoms with Crippen LogP contribution in [0.3, 0.4) is 0 Å². The lowest BCUT2D eigenvalue weighted by molar-refractivity contribution is 0.0719. The maximum Gasteiger partial charge on any atom is 0.343 e. The van der Waals surface area contributed by atoms with E-state index >= 15 is 0 Å². The van der Waals surface area contributed by atoms with E-state index in [1.54, 1.807) is 44.4 Å². The first kappa shape index (κ1) is 19.0. The van der Waals surface area contributed by atoms with E-state index in [0.717, 1.165) is 0 Å². The van der Waals surface area contributed by atoms with Gasteiger partial charge in [0, 0.05) is 0 Å². The van der Waals surface area contributed by atoms with Gasteiger partial charge in [-0.25, -0.2) is 9.59 Å². The molecule has 0 spiro atoms. The number of methoxy groups -OCH3 is 1. The average Bonchev–Trinajstić information content (AvgIpc) is 2.70. The number of aromatic hydroxyl groups is 1. The van der Waals surface area contributed by atoms with Crippen molar-refractivity contribution >= 4 is 11.9 Å². The number of aryl methyl sites for hydroxylation is 1. The molecule has 3 aromatic carbocycles. The molecule has 3 aromatic rings. The van der Waals surface area contributed by atoms with Crippen LogP contribution in [0.5, 0.6) is 23.0 Å². The van der Waals surface area contributed by atoms with Crippen LogP contribution in [0.15, 0.2) is 66.7 Å². The van der Waals surface area contributed by atoms with Gasteiger partial charge in [0.05, 0.1) is 18.2 Å². The molecule has 0 aliphatic carbocycles. The Hall–Kier alpha value is -3.80. The molecular weight excluding hydrogens is 360 g/mol. The molecule has 142 valence electrons. The second-order valence-corrected chi connectivity index (χ2v) is 5.98. The van der Waals surface area contributed by atoms with Gasteiger partial charge in [0.15, 0.2) is 0 Å². The molecule has 3 rings (SSSR count). The van der Waals surface area contributed by atoms with Crippen molar-refractivity contribution in [2.24, 2.45) is 0 Å². The Morgan fingerprint density at radius 2 is 1.29 bits per heavy atom. The highest BCUT2D eigenvalue weighted by Gasteiger charge is 2.16. The lowest BCUT2D eigenvalue weighted by atomic mass is 10.1. The van der Waals surface area contributed by atoms with E-state index in [9.17, 15) is 14.7 Å². The fourth-order valence-electron chi connectivity index (χ4n) is 2.51. The predicted octanol–water partition coefficient (Wildman–Crippen LogP) is 4.15. The monoisotopic (exact) mass is 378 g/mol. The van der Waals surface area contributed by atoms with Crippen molar-refractivity contribution in [2.75, 3.05) is 7.11 Å². The largest absolute Gasteiger partial charge is 0.508 e. The molecular formula is C22H18O6. The first-order valence-corrected chi connectivity index (χ1v) is 8.44. The van der Waals surface area contributed by atoms with Gasteiger partial charge in [-0.2, -0.15) is 0 Å². The quantitative estimate of drug-likeness (QED) is 0.531. The Balaban J connectivity index is 1.70. The first-order chi connectivity index (χ1) is 13.5. The smallest absolute Gasteiger partial charge is 0.343 e. The summed E-state index contributed by atoms with van der Waals surface area (Å²) in [5.74, 6) is 0.345. The summed E-state index contributed by atoms with van der Waals surface area (Å²) in [7, 11) is 1.55. The summed E-state index contributed by atoms with van der Waals surface area (Å²) in [5.41, 5.74) is 1.22. The molecule has 28 heavy (non-hydrogen) atoms. The summed E-state index contributed by atoms with van der Waals surface area (Å²) >= 11 is 0. The van der Waals surface area contributed by atoms with Crippen LogP contribution in [0.4, 0.5) is 0 Å². The molecule has 0 amide bonds. The van der Waals surface area contributed by atoms with Crippen molar-refractivity contribution in [3.63, 3.8) is 0 Å². The van der Waals surface area contributed by atoms with E-state index < -0.39 is 11.9 Å². The topological polar surface area (TPSA) is 82.1 Å². The van der Waals surface area contributed by atoms with Gasteiger partial charge in [-0.05, 0) is 79.2 Å². The standard InChI is InChI=1S/C22H18O6/c1-14-13-15(21(24)27-18-6-4-16(23)5-7-18)3-12-20(14)22(25)28-19-10-8-17(26-2)9-11-19/h3-13,23H,1-2H3. The molecule has 0 aliphatic heterocycles. The second kappa shape index (κ2) is 8.26. The van der Waals surface area contributed by atoms with E-state index in [4.69, 9.17) is 14.2 Å². The van der Waals surface area contributed by atoms with E-state index in [2.05, 4.69) is 0 Å². The molecule has 0 radical (unpaired) electrons. The molecule has 0 unspecified atom stereocenters. The Bertz CT molecular complexity index is 991. The van der Waals surface area contributed by atoms with Crippen molar-refractivity contribution in [3.8, 4) is 23.0 Å². The summed E-state index contributed by atoms with van der Waals surface area (Å²) in [6.07, 6.45) is 0. The highest BCUT2D eigenvalue weighted by Crippen LogP contribution is 2.21. The molecule has 0 atom stereocenters. The van der Waals surface area contributed by atoms with Gasteiger partial charge in [0.2, 0.25) is 0 Å². The Morgan fingerprint density at radius 3 is 1.86 bits per heavy atom. The zero-order chi connectivity index (χ0) is 20.1. The summed E-state index contributed by atoms with van der Waals surface area (Å²) in [6.45, 7) is 1.71. The van der Waals surface area contributed by atoms with Gasteiger partial charge in [-0.1, -0.05) is 0 Å². The fourth-order valence-corrected chi connectivity index (χ4v) is 2.51. The van der Waals surface area contributed by atoms with Gasteiger partial charge in [0.25, 0.3) is 0 Å². The minimum Gasteiger partial charge on any atom is -0.508 e. The molecule has 0 saturated carbocycles. The summed E-state index contributed by atoms with van der Waals surface area (Å²) in [6, 6.07) is 17.1. The van der Waals surface area contributed by atoms with Gasteiger partial charge >= 0.3 is 11.9 Å². The van der Waals surface area contributed by atoms with E-state index in [-0.39, 0.29) is 5.75 Å². The number of benzene rings is 3. The molecule has 0 aromatic heterocycles.